The second-order valence-corrected chi connectivity index (χ2v) is 6.48. The van der Waals surface area contributed by atoms with E-state index in [0.29, 0.717) is 18.2 Å². The van der Waals surface area contributed by atoms with E-state index in [2.05, 4.69) is 25.3 Å². The number of hydrogen-bond donors (Lipinski definition) is 1. The molecule has 0 spiro atoms. The third-order valence-corrected chi connectivity index (χ3v) is 4.54. The van der Waals surface area contributed by atoms with Crippen LogP contribution in [0.2, 0.25) is 0 Å². The van der Waals surface area contributed by atoms with E-state index in [0.717, 1.165) is 25.3 Å². The molecule has 140 valence electrons. The lowest BCUT2D eigenvalue weighted by molar-refractivity contribution is -0.0355. The van der Waals surface area contributed by atoms with Crippen molar-refractivity contribution in [1.29, 1.82) is 0 Å². The van der Waals surface area contributed by atoms with E-state index < -0.39 is 0 Å². The number of anilines is 2. The zero-order valence-corrected chi connectivity index (χ0v) is 15.0. The highest BCUT2D eigenvalue weighted by Gasteiger charge is 2.24. The van der Waals surface area contributed by atoms with Gasteiger partial charge in [-0.1, -0.05) is 6.07 Å². The highest BCUT2D eigenvalue weighted by atomic mass is 19.1. The third-order valence-electron chi connectivity index (χ3n) is 4.54. The summed E-state index contributed by atoms with van der Waals surface area (Å²) >= 11 is 0. The summed E-state index contributed by atoms with van der Waals surface area (Å²) in [6, 6.07) is 10.7. The van der Waals surface area contributed by atoms with Crippen molar-refractivity contribution < 1.29 is 9.13 Å². The Bertz CT molecular complexity index is 897. The zero-order chi connectivity index (χ0) is 18.6. The predicted molar refractivity (Wildman–Crippen MR) is 98.9 cm³/mol. The van der Waals surface area contributed by atoms with Gasteiger partial charge in [0.25, 0.3) is 0 Å². The van der Waals surface area contributed by atoms with Crippen molar-refractivity contribution in [3.8, 4) is 0 Å². The summed E-state index contributed by atoms with van der Waals surface area (Å²) in [5, 5.41) is 7.32. The molecule has 3 aromatic heterocycles. The first-order valence-electron chi connectivity index (χ1n) is 8.84. The van der Waals surface area contributed by atoms with Crippen LogP contribution in [0.5, 0.6) is 0 Å². The number of aromatic nitrogens is 4. The van der Waals surface area contributed by atoms with Gasteiger partial charge in [-0.25, -0.2) is 14.4 Å². The molecule has 0 bridgehead atoms. The number of ether oxygens (including phenoxy) is 1. The van der Waals surface area contributed by atoms with Crippen LogP contribution in [-0.2, 0) is 18.3 Å². The maximum absolute atomic E-state index is 13.0. The molecule has 4 heterocycles. The molecular weight excluding hydrogens is 347 g/mol. The maximum atomic E-state index is 13.0. The predicted octanol–water partition coefficient (Wildman–Crippen LogP) is 2.67. The first-order chi connectivity index (χ1) is 13.2. The molecular formula is C19H21FN6O. The van der Waals surface area contributed by atoms with E-state index >= 15 is 0 Å². The van der Waals surface area contributed by atoms with Crippen LogP contribution in [0, 0.1) is 5.82 Å². The van der Waals surface area contributed by atoms with Crippen molar-refractivity contribution in [2.24, 2.45) is 7.05 Å². The van der Waals surface area contributed by atoms with Gasteiger partial charge in [0.1, 0.15) is 23.6 Å². The van der Waals surface area contributed by atoms with Crippen LogP contribution in [0.25, 0.3) is 0 Å². The van der Waals surface area contributed by atoms with Crippen LogP contribution in [0.4, 0.5) is 16.0 Å². The number of nitrogens with one attached hydrogen (secondary N) is 1. The van der Waals surface area contributed by atoms with Crippen LogP contribution >= 0.6 is 0 Å². The number of hydrogen-bond acceptors (Lipinski definition) is 6. The van der Waals surface area contributed by atoms with Crippen LogP contribution in [0.1, 0.15) is 17.5 Å². The number of morpholine rings is 1. The molecule has 0 aromatic carbocycles. The quantitative estimate of drug-likeness (QED) is 0.747. The van der Waals surface area contributed by atoms with E-state index in [1.165, 1.54) is 18.0 Å². The highest BCUT2D eigenvalue weighted by Crippen LogP contribution is 2.23. The van der Waals surface area contributed by atoms with Crippen molar-refractivity contribution in [2.75, 3.05) is 25.0 Å². The monoisotopic (exact) mass is 368 g/mol. The number of rotatable bonds is 5. The molecule has 0 amide bonds. The topological polar surface area (TPSA) is 68.1 Å². The summed E-state index contributed by atoms with van der Waals surface area (Å²) in [5.74, 6) is 0.828. The molecule has 1 aliphatic heterocycles. The maximum Gasteiger partial charge on any atom is 0.141 e. The molecule has 0 unspecified atom stereocenters. The van der Waals surface area contributed by atoms with E-state index in [-0.39, 0.29) is 11.9 Å². The number of nitrogens with zero attached hydrogens (tertiary/aromatic N) is 5. The van der Waals surface area contributed by atoms with E-state index in [1.54, 1.807) is 6.07 Å². The fourth-order valence-electron chi connectivity index (χ4n) is 3.09. The summed E-state index contributed by atoms with van der Waals surface area (Å²) < 4.78 is 20.8. The first-order valence-corrected chi connectivity index (χ1v) is 8.84. The summed E-state index contributed by atoms with van der Waals surface area (Å²) in [6.45, 7) is 3.12. The van der Waals surface area contributed by atoms with E-state index in [9.17, 15) is 4.39 Å². The number of pyridine rings is 2. The van der Waals surface area contributed by atoms with Gasteiger partial charge < -0.3 is 10.1 Å². The minimum Gasteiger partial charge on any atom is -0.369 e. The van der Waals surface area contributed by atoms with E-state index in [4.69, 9.17) is 4.74 Å². The van der Waals surface area contributed by atoms with Gasteiger partial charge in [-0.15, -0.1) is 0 Å². The average Bonchev–Trinajstić information content (AvgIpc) is 3.09. The molecule has 27 heavy (non-hydrogen) atoms. The van der Waals surface area contributed by atoms with Crippen molar-refractivity contribution >= 4 is 11.6 Å². The third kappa shape index (κ3) is 4.29. The standard InChI is InChI=1S/C19H21FN6O/c1-25-15(7-8-22-25)12-26-9-10-27-17(13-26)16-3-2-4-19(23-16)24-18-6-5-14(20)11-21-18/h2-8,11,17H,9-10,12-13H2,1H3,(H,21,23,24)/t17-/m1/s1. The molecule has 1 fully saturated rings. The molecule has 0 radical (unpaired) electrons. The summed E-state index contributed by atoms with van der Waals surface area (Å²) in [7, 11) is 1.95. The molecule has 7 nitrogen and oxygen atoms in total. The van der Waals surface area contributed by atoms with Crippen LogP contribution in [0.15, 0.2) is 48.8 Å². The van der Waals surface area contributed by atoms with Gasteiger partial charge in [-0.05, 0) is 30.3 Å². The zero-order valence-electron chi connectivity index (χ0n) is 15.0. The van der Waals surface area contributed by atoms with Crippen molar-refractivity contribution in [3.05, 3.63) is 66.0 Å². The van der Waals surface area contributed by atoms with Gasteiger partial charge >= 0.3 is 0 Å². The lowest BCUT2D eigenvalue weighted by Crippen LogP contribution is -2.38. The largest absolute Gasteiger partial charge is 0.369 e. The fraction of sp³-hybridized carbons (Fsp3) is 0.316. The molecule has 1 atom stereocenters. The Kier molecular flexibility index (Phi) is 5.08. The van der Waals surface area contributed by atoms with Crippen molar-refractivity contribution in [2.45, 2.75) is 12.6 Å². The Morgan fingerprint density at radius 1 is 1.22 bits per heavy atom. The summed E-state index contributed by atoms with van der Waals surface area (Å²) in [5.41, 5.74) is 2.03. The van der Waals surface area contributed by atoms with Crippen molar-refractivity contribution in [1.82, 2.24) is 24.6 Å². The molecule has 1 saturated heterocycles. The van der Waals surface area contributed by atoms with E-state index in [1.807, 2.05) is 42.2 Å². The lowest BCUT2D eigenvalue weighted by Gasteiger charge is -2.32. The van der Waals surface area contributed by atoms with Gasteiger partial charge in [-0.2, -0.15) is 5.10 Å². The molecule has 0 aliphatic carbocycles. The average molecular weight is 368 g/mol. The van der Waals surface area contributed by atoms with Gasteiger partial charge in [0.05, 0.1) is 24.2 Å². The summed E-state index contributed by atoms with van der Waals surface area (Å²) in [4.78, 5) is 11.0. The Labute approximate surface area is 156 Å². The smallest absolute Gasteiger partial charge is 0.141 e. The Balaban J connectivity index is 1.44. The van der Waals surface area contributed by atoms with Gasteiger partial charge in [0.2, 0.25) is 0 Å². The van der Waals surface area contributed by atoms with Gasteiger partial charge in [0.15, 0.2) is 0 Å². The van der Waals surface area contributed by atoms with Crippen LogP contribution < -0.4 is 5.32 Å². The molecule has 3 aromatic rings. The Morgan fingerprint density at radius 3 is 2.93 bits per heavy atom. The van der Waals surface area contributed by atoms with Crippen molar-refractivity contribution in [3.63, 3.8) is 0 Å². The highest BCUT2D eigenvalue weighted by molar-refractivity contribution is 5.51. The second-order valence-electron chi connectivity index (χ2n) is 6.48. The second kappa shape index (κ2) is 7.81. The van der Waals surface area contributed by atoms with Crippen LogP contribution in [-0.4, -0.2) is 44.3 Å². The number of aryl methyl sites for hydroxylation is 1. The summed E-state index contributed by atoms with van der Waals surface area (Å²) in [6.07, 6.45) is 2.88. The Hall–Kier alpha value is -2.84. The van der Waals surface area contributed by atoms with Crippen LogP contribution in [0.3, 0.4) is 0 Å². The molecule has 0 saturated carbocycles. The molecule has 1 N–H and O–H groups in total. The normalized spacial score (nSPS) is 17.8. The Morgan fingerprint density at radius 2 is 2.15 bits per heavy atom. The minimum absolute atomic E-state index is 0.102. The lowest BCUT2D eigenvalue weighted by atomic mass is 10.2. The SMILES string of the molecule is Cn1nccc1CN1CCO[C@@H](c2cccc(Nc3ccc(F)cn3)n2)C1. The minimum atomic E-state index is -0.369. The first kappa shape index (κ1) is 17.6. The number of halogens is 1. The van der Waals surface area contributed by atoms with Gasteiger partial charge in [-0.3, -0.25) is 9.58 Å². The fourth-order valence-corrected chi connectivity index (χ4v) is 3.09. The van der Waals surface area contributed by atoms with Gasteiger partial charge in [0, 0.05) is 32.9 Å². The molecule has 1 aliphatic rings. The molecule has 4 rings (SSSR count). The molecule has 8 heteroatoms.